The summed E-state index contributed by atoms with van der Waals surface area (Å²) < 4.78 is 0. The van der Waals surface area contributed by atoms with E-state index < -0.39 is 0 Å². The lowest BCUT2D eigenvalue weighted by molar-refractivity contribution is 0.0958. The Bertz CT molecular complexity index is 537. The van der Waals surface area contributed by atoms with Crippen LogP contribution in [-0.4, -0.2) is 40.5 Å². The lowest BCUT2D eigenvalue weighted by atomic mass is 10.5. The summed E-state index contributed by atoms with van der Waals surface area (Å²) in [6, 6.07) is 1.74. The smallest absolute Gasteiger partial charge is 0.263 e. The van der Waals surface area contributed by atoms with Gasteiger partial charge in [-0.15, -0.1) is 36.2 Å². The Morgan fingerprint density at radius 1 is 1.19 bits per heavy atom. The van der Waals surface area contributed by atoms with Gasteiger partial charge in [0.2, 0.25) is 0 Å². The topological polar surface area (TPSA) is 79.8 Å². The number of amides is 1. The summed E-state index contributed by atoms with van der Waals surface area (Å²) >= 11 is 1.29. The number of likely N-dealkylation sites (N-methyl/N-ethyl adjacent to an activating group) is 1. The summed E-state index contributed by atoms with van der Waals surface area (Å²) in [5, 5.41) is 6.62. The molecular formula is C12H17Cl2N5OS. The Balaban J connectivity index is 0.00000200. The van der Waals surface area contributed by atoms with Gasteiger partial charge in [-0.1, -0.05) is 6.92 Å². The molecule has 116 valence electrons. The van der Waals surface area contributed by atoms with E-state index in [0.29, 0.717) is 22.3 Å². The van der Waals surface area contributed by atoms with Crippen LogP contribution in [0.5, 0.6) is 0 Å². The molecule has 6 nitrogen and oxygen atoms in total. The minimum absolute atomic E-state index is 0. The number of hydrogen-bond donors (Lipinski definition) is 2. The molecule has 0 saturated carbocycles. The first-order valence-corrected chi connectivity index (χ1v) is 6.85. The van der Waals surface area contributed by atoms with Crippen LogP contribution < -0.4 is 10.6 Å². The molecule has 0 unspecified atom stereocenters. The molecule has 0 aliphatic carbocycles. The van der Waals surface area contributed by atoms with Crippen LogP contribution >= 0.6 is 36.2 Å². The number of rotatable bonds is 6. The fourth-order valence-electron chi connectivity index (χ4n) is 1.42. The molecule has 0 spiro atoms. The molecule has 0 aliphatic rings. The van der Waals surface area contributed by atoms with Crippen LogP contribution in [0.3, 0.4) is 0 Å². The number of aromatic nitrogens is 3. The summed E-state index contributed by atoms with van der Waals surface area (Å²) in [4.78, 5) is 24.8. The van der Waals surface area contributed by atoms with Gasteiger partial charge >= 0.3 is 0 Å². The van der Waals surface area contributed by atoms with Gasteiger partial charge in [0.15, 0.2) is 10.8 Å². The van der Waals surface area contributed by atoms with Gasteiger partial charge in [0.25, 0.3) is 5.91 Å². The van der Waals surface area contributed by atoms with Gasteiger partial charge in [0.05, 0.1) is 6.20 Å². The maximum absolute atomic E-state index is 11.8. The fraction of sp³-hybridized carbons (Fsp3) is 0.333. The molecule has 1 amide bonds. The number of halogens is 2. The minimum Gasteiger partial charge on any atom is -0.350 e. The number of nitrogens with one attached hydrogen (secondary N) is 2. The third-order valence-corrected chi connectivity index (χ3v) is 3.32. The molecule has 2 rings (SSSR count). The molecule has 0 saturated heterocycles. The molecule has 0 fully saturated rings. The van der Waals surface area contributed by atoms with Crippen LogP contribution in [0.15, 0.2) is 24.7 Å². The normalized spacial score (nSPS) is 9.38. The first-order chi connectivity index (χ1) is 9.31. The summed E-state index contributed by atoms with van der Waals surface area (Å²) in [6.07, 6.45) is 4.86. The van der Waals surface area contributed by atoms with Crippen molar-refractivity contribution in [2.24, 2.45) is 0 Å². The van der Waals surface area contributed by atoms with E-state index in [9.17, 15) is 4.79 Å². The average Bonchev–Trinajstić information content (AvgIpc) is 2.94. The Morgan fingerprint density at radius 2 is 1.90 bits per heavy atom. The molecule has 2 N–H and O–H groups in total. The highest BCUT2D eigenvalue weighted by molar-refractivity contribution is 7.16. The van der Waals surface area contributed by atoms with E-state index in [1.807, 2.05) is 6.92 Å². The molecule has 2 aromatic heterocycles. The third-order valence-electron chi connectivity index (χ3n) is 2.32. The van der Waals surface area contributed by atoms with E-state index in [0.717, 1.165) is 13.1 Å². The second-order valence-corrected chi connectivity index (χ2v) is 4.74. The minimum atomic E-state index is -0.113. The zero-order valence-corrected chi connectivity index (χ0v) is 13.9. The fourth-order valence-corrected chi connectivity index (χ4v) is 2.20. The van der Waals surface area contributed by atoms with E-state index >= 15 is 0 Å². The van der Waals surface area contributed by atoms with Crippen molar-refractivity contribution >= 4 is 42.1 Å². The monoisotopic (exact) mass is 349 g/mol. The summed E-state index contributed by atoms with van der Waals surface area (Å²) in [6.45, 7) is 4.28. The molecule has 0 bridgehead atoms. The zero-order chi connectivity index (χ0) is 13.5. The Hall–Kier alpha value is -1.28. The van der Waals surface area contributed by atoms with Crippen LogP contribution in [-0.2, 0) is 0 Å². The molecule has 0 atom stereocenters. The van der Waals surface area contributed by atoms with E-state index in [-0.39, 0.29) is 30.7 Å². The van der Waals surface area contributed by atoms with Crippen LogP contribution in [0, 0.1) is 0 Å². The predicted octanol–water partition coefficient (Wildman–Crippen LogP) is 1.78. The second-order valence-electron chi connectivity index (χ2n) is 3.71. The molecule has 9 heteroatoms. The van der Waals surface area contributed by atoms with Crippen LogP contribution in [0.2, 0.25) is 0 Å². The van der Waals surface area contributed by atoms with Gasteiger partial charge in [0.1, 0.15) is 4.88 Å². The Kier molecular flexibility index (Phi) is 9.81. The summed E-state index contributed by atoms with van der Waals surface area (Å²) in [5.74, 6) is 0.428. The zero-order valence-electron chi connectivity index (χ0n) is 11.4. The SMILES string of the molecule is CCNCCNC(=O)c1cnc(-c2ncccn2)s1.Cl.Cl. The number of thiazole rings is 1. The van der Waals surface area contributed by atoms with Crippen molar-refractivity contribution in [3.63, 3.8) is 0 Å². The Labute approximate surface area is 139 Å². The van der Waals surface area contributed by atoms with E-state index in [1.165, 1.54) is 11.3 Å². The van der Waals surface area contributed by atoms with Crippen molar-refractivity contribution in [2.75, 3.05) is 19.6 Å². The maximum Gasteiger partial charge on any atom is 0.263 e. The van der Waals surface area contributed by atoms with Crippen molar-refractivity contribution < 1.29 is 4.79 Å². The van der Waals surface area contributed by atoms with Crippen molar-refractivity contribution in [1.82, 2.24) is 25.6 Å². The molecule has 2 heterocycles. The highest BCUT2D eigenvalue weighted by Crippen LogP contribution is 2.21. The first kappa shape index (κ1) is 19.7. The highest BCUT2D eigenvalue weighted by Gasteiger charge is 2.12. The molecule has 0 radical (unpaired) electrons. The van der Waals surface area contributed by atoms with Crippen LogP contribution in [0.1, 0.15) is 16.6 Å². The number of carbonyl (C=O) groups excluding carboxylic acids is 1. The Morgan fingerprint density at radius 3 is 2.57 bits per heavy atom. The lowest BCUT2D eigenvalue weighted by Gasteiger charge is -2.02. The molecule has 21 heavy (non-hydrogen) atoms. The summed E-state index contributed by atoms with van der Waals surface area (Å²) in [7, 11) is 0. The van der Waals surface area contributed by atoms with Crippen molar-refractivity contribution in [3.05, 3.63) is 29.5 Å². The third kappa shape index (κ3) is 5.92. The number of nitrogens with zero attached hydrogens (tertiary/aromatic N) is 3. The second kappa shape index (κ2) is 10.4. The first-order valence-electron chi connectivity index (χ1n) is 6.03. The van der Waals surface area contributed by atoms with E-state index in [4.69, 9.17) is 0 Å². The number of carbonyl (C=O) groups is 1. The maximum atomic E-state index is 11.8. The van der Waals surface area contributed by atoms with Gasteiger partial charge in [-0.25, -0.2) is 15.0 Å². The largest absolute Gasteiger partial charge is 0.350 e. The van der Waals surface area contributed by atoms with Crippen LogP contribution in [0.25, 0.3) is 10.8 Å². The average molecular weight is 350 g/mol. The van der Waals surface area contributed by atoms with E-state index in [1.54, 1.807) is 24.7 Å². The highest BCUT2D eigenvalue weighted by atomic mass is 35.5. The van der Waals surface area contributed by atoms with Crippen LogP contribution in [0.4, 0.5) is 0 Å². The quantitative estimate of drug-likeness (QED) is 0.777. The predicted molar refractivity (Wildman–Crippen MR) is 88.5 cm³/mol. The standard InChI is InChI=1S/C12H15N5OS.2ClH/c1-2-13-6-7-16-11(18)9-8-17-12(19-9)10-14-4-3-5-15-10;;/h3-5,8,13H,2,6-7H2,1H3,(H,16,18);2*1H. The van der Waals surface area contributed by atoms with Crippen molar-refractivity contribution in [2.45, 2.75) is 6.92 Å². The van der Waals surface area contributed by atoms with Gasteiger partial charge in [-0.2, -0.15) is 0 Å². The molecule has 0 aromatic carbocycles. The van der Waals surface area contributed by atoms with Crippen molar-refractivity contribution in [3.8, 4) is 10.8 Å². The molecule has 2 aromatic rings. The lowest BCUT2D eigenvalue weighted by Crippen LogP contribution is -2.31. The molecule has 0 aliphatic heterocycles. The van der Waals surface area contributed by atoms with Crippen molar-refractivity contribution in [1.29, 1.82) is 0 Å². The molecular weight excluding hydrogens is 333 g/mol. The van der Waals surface area contributed by atoms with Gasteiger partial charge in [-0.3, -0.25) is 4.79 Å². The van der Waals surface area contributed by atoms with Gasteiger partial charge in [0, 0.05) is 25.5 Å². The van der Waals surface area contributed by atoms with Gasteiger partial charge < -0.3 is 10.6 Å². The number of hydrogen-bond acceptors (Lipinski definition) is 6. The van der Waals surface area contributed by atoms with E-state index in [2.05, 4.69) is 25.6 Å². The summed E-state index contributed by atoms with van der Waals surface area (Å²) in [5.41, 5.74) is 0. The van der Waals surface area contributed by atoms with Gasteiger partial charge in [-0.05, 0) is 12.6 Å².